The van der Waals surface area contributed by atoms with Crippen molar-refractivity contribution < 1.29 is 4.79 Å². The van der Waals surface area contributed by atoms with Crippen molar-refractivity contribution in [1.29, 1.82) is 0 Å². The van der Waals surface area contributed by atoms with Gasteiger partial charge in [0.1, 0.15) is 0 Å². The minimum absolute atomic E-state index is 0.0238. The summed E-state index contributed by atoms with van der Waals surface area (Å²) in [5.41, 5.74) is -0.475. The molecule has 1 saturated heterocycles. The van der Waals surface area contributed by atoms with Crippen molar-refractivity contribution in [2.75, 3.05) is 33.7 Å². The molecule has 0 aromatic rings. The summed E-state index contributed by atoms with van der Waals surface area (Å²) in [7, 11) is 3.43. The van der Waals surface area contributed by atoms with Gasteiger partial charge in [0.25, 0.3) is 0 Å². The van der Waals surface area contributed by atoms with Crippen LogP contribution in [0.3, 0.4) is 0 Å². The van der Waals surface area contributed by atoms with E-state index in [0.717, 1.165) is 19.0 Å². The van der Waals surface area contributed by atoms with Crippen molar-refractivity contribution in [1.82, 2.24) is 20.9 Å². The van der Waals surface area contributed by atoms with Crippen LogP contribution in [-0.4, -0.2) is 62.6 Å². The van der Waals surface area contributed by atoms with Crippen LogP contribution in [0, 0.1) is 11.3 Å². The summed E-state index contributed by atoms with van der Waals surface area (Å²) in [6, 6.07) is 0.952. The number of amides is 1. The van der Waals surface area contributed by atoms with E-state index in [9.17, 15) is 4.79 Å². The maximum absolute atomic E-state index is 11.8. The molecule has 1 heterocycles. The molecule has 0 aromatic heterocycles. The summed E-state index contributed by atoms with van der Waals surface area (Å²) in [6.45, 7) is 13.2. The first kappa shape index (κ1) is 18.7. The van der Waals surface area contributed by atoms with Gasteiger partial charge in [-0.3, -0.25) is 14.7 Å². The van der Waals surface area contributed by atoms with E-state index >= 15 is 0 Å². The quantitative estimate of drug-likeness (QED) is 0.515. The Labute approximate surface area is 135 Å². The Balaban J connectivity index is 2.55. The second-order valence-electron chi connectivity index (χ2n) is 7.16. The number of carbonyl (C=O) groups excluding carboxylic acids is 1. The Hall–Kier alpha value is -1.30. The first-order valence-corrected chi connectivity index (χ1v) is 8.14. The van der Waals surface area contributed by atoms with E-state index in [1.54, 1.807) is 14.1 Å². The van der Waals surface area contributed by atoms with Gasteiger partial charge in [-0.2, -0.15) is 0 Å². The Morgan fingerprint density at radius 2 is 2.00 bits per heavy atom. The SMILES string of the molecule is CN=C(NCC(C)(C)C(=O)NC)NC1CN(C(C)C)CC1C. The third-order valence-corrected chi connectivity index (χ3v) is 4.46. The summed E-state index contributed by atoms with van der Waals surface area (Å²) in [4.78, 5) is 18.6. The normalized spacial score (nSPS) is 23.7. The van der Waals surface area contributed by atoms with E-state index in [-0.39, 0.29) is 5.91 Å². The molecule has 0 aliphatic carbocycles. The Kier molecular flexibility index (Phi) is 6.66. The van der Waals surface area contributed by atoms with Gasteiger partial charge in [-0.15, -0.1) is 0 Å². The van der Waals surface area contributed by atoms with E-state index in [2.05, 4.69) is 46.6 Å². The first-order valence-electron chi connectivity index (χ1n) is 8.14. The van der Waals surface area contributed by atoms with Gasteiger partial charge < -0.3 is 16.0 Å². The number of nitrogens with one attached hydrogen (secondary N) is 3. The maximum atomic E-state index is 11.8. The van der Waals surface area contributed by atoms with Crippen molar-refractivity contribution in [3.05, 3.63) is 0 Å². The van der Waals surface area contributed by atoms with Crippen LogP contribution >= 0.6 is 0 Å². The first-order chi connectivity index (χ1) is 10.2. The monoisotopic (exact) mass is 311 g/mol. The topological polar surface area (TPSA) is 68.8 Å². The molecule has 0 bridgehead atoms. The molecule has 1 fully saturated rings. The lowest BCUT2D eigenvalue weighted by Gasteiger charge is -2.26. The molecule has 6 nitrogen and oxygen atoms in total. The van der Waals surface area contributed by atoms with Crippen molar-refractivity contribution >= 4 is 11.9 Å². The van der Waals surface area contributed by atoms with Crippen molar-refractivity contribution in [3.8, 4) is 0 Å². The highest BCUT2D eigenvalue weighted by Crippen LogP contribution is 2.18. The Morgan fingerprint density at radius 1 is 1.36 bits per heavy atom. The molecule has 1 aliphatic heterocycles. The van der Waals surface area contributed by atoms with Gasteiger partial charge in [-0.25, -0.2) is 0 Å². The molecule has 0 radical (unpaired) electrons. The number of carbonyl (C=O) groups is 1. The molecule has 22 heavy (non-hydrogen) atoms. The van der Waals surface area contributed by atoms with Crippen LogP contribution in [-0.2, 0) is 4.79 Å². The number of hydrogen-bond acceptors (Lipinski definition) is 3. The summed E-state index contributed by atoms with van der Waals surface area (Å²) in [5, 5.41) is 9.47. The zero-order chi connectivity index (χ0) is 16.9. The third kappa shape index (κ3) is 4.87. The molecule has 1 rings (SSSR count). The molecule has 0 aromatic carbocycles. The number of rotatable bonds is 5. The molecule has 6 heteroatoms. The van der Waals surface area contributed by atoms with Gasteiger partial charge in [0.2, 0.25) is 5.91 Å². The van der Waals surface area contributed by atoms with Crippen molar-refractivity contribution in [2.24, 2.45) is 16.3 Å². The predicted octanol–water partition coefficient (Wildman–Crippen LogP) is 0.652. The lowest BCUT2D eigenvalue weighted by Crippen LogP contribution is -2.51. The molecule has 0 spiro atoms. The van der Waals surface area contributed by atoms with Crippen LogP contribution in [0.15, 0.2) is 4.99 Å². The number of guanidine groups is 1. The molecule has 0 saturated carbocycles. The summed E-state index contributed by atoms with van der Waals surface area (Å²) < 4.78 is 0. The third-order valence-electron chi connectivity index (χ3n) is 4.46. The van der Waals surface area contributed by atoms with E-state index in [0.29, 0.717) is 24.5 Å². The molecule has 1 aliphatic rings. The van der Waals surface area contributed by atoms with Gasteiger partial charge in [0.05, 0.1) is 5.41 Å². The number of likely N-dealkylation sites (tertiary alicyclic amines) is 1. The van der Waals surface area contributed by atoms with Crippen LogP contribution in [0.25, 0.3) is 0 Å². The van der Waals surface area contributed by atoms with Crippen LogP contribution < -0.4 is 16.0 Å². The molecule has 3 N–H and O–H groups in total. The molecular formula is C16H33N5O. The van der Waals surface area contributed by atoms with E-state index in [1.807, 2.05) is 13.8 Å². The highest BCUT2D eigenvalue weighted by molar-refractivity contribution is 5.84. The van der Waals surface area contributed by atoms with Crippen LogP contribution in [0.5, 0.6) is 0 Å². The van der Waals surface area contributed by atoms with E-state index in [1.165, 1.54) is 0 Å². The Morgan fingerprint density at radius 3 is 2.45 bits per heavy atom. The second kappa shape index (κ2) is 7.81. The van der Waals surface area contributed by atoms with Gasteiger partial charge in [-0.1, -0.05) is 6.92 Å². The maximum Gasteiger partial charge on any atom is 0.227 e. The largest absolute Gasteiger partial charge is 0.359 e. The van der Waals surface area contributed by atoms with Gasteiger partial charge in [0, 0.05) is 45.8 Å². The fourth-order valence-electron chi connectivity index (χ4n) is 2.71. The fourth-order valence-corrected chi connectivity index (χ4v) is 2.71. The van der Waals surface area contributed by atoms with Crippen LogP contribution in [0.2, 0.25) is 0 Å². The van der Waals surface area contributed by atoms with Crippen molar-refractivity contribution in [2.45, 2.75) is 46.7 Å². The zero-order valence-corrected chi connectivity index (χ0v) is 15.2. The Bertz CT molecular complexity index is 405. The van der Waals surface area contributed by atoms with Crippen LogP contribution in [0.1, 0.15) is 34.6 Å². The number of nitrogens with zero attached hydrogens (tertiary/aromatic N) is 2. The lowest BCUT2D eigenvalue weighted by atomic mass is 9.92. The highest BCUT2D eigenvalue weighted by atomic mass is 16.2. The minimum Gasteiger partial charge on any atom is -0.359 e. The minimum atomic E-state index is -0.475. The summed E-state index contributed by atoms with van der Waals surface area (Å²) in [6.07, 6.45) is 0. The van der Waals surface area contributed by atoms with E-state index in [4.69, 9.17) is 0 Å². The van der Waals surface area contributed by atoms with Gasteiger partial charge in [0.15, 0.2) is 5.96 Å². The zero-order valence-electron chi connectivity index (χ0n) is 15.2. The summed E-state index contributed by atoms with van der Waals surface area (Å²) in [5.74, 6) is 1.36. The fraction of sp³-hybridized carbons (Fsp3) is 0.875. The number of hydrogen-bond donors (Lipinski definition) is 3. The number of aliphatic imine (C=N–C) groups is 1. The smallest absolute Gasteiger partial charge is 0.227 e. The molecule has 2 atom stereocenters. The highest BCUT2D eigenvalue weighted by Gasteiger charge is 2.32. The molecule has 2 unspecified atom stereocenters. The van der Waals surface area contributed by atoms with E-state index < -0.39 is 5.41 Å². The standard InChI is InChI=1S/C16H33N5O/c1-11(2)21-8-12(3)13(9-21)20-15(18-7)19-10-16(4,5)14(22)17-6/h11-13H,8-10H2,1-7H3,(H,17,22)(H2,18,19,20). The predicted molar refractivity (Wildman–Crippen MR) is 92.0 cm³/mol. The molecule has 1 amide bonds. The average Bonchev–Trinajstić information content (AvgIpc) is 2.83. The van der Waals surface area contributed by atoms with Crippen molar-refractivity contribution in [3.63, 3.8) is 0 Å². The summed E-state index contributed by atoms with van der Waals surface area (Å²) >= 11 is 0. The van der Waals surface area contributed by atoms with Crippen LogP contribution in [0.4, 0.5) is 0 Å². The van der Waals surface area contributed by atoms with Gasteiger partial charge >= 0.3 is 0 Å². The molecule has 128 valence electrons. The second-order valence-corrected chi connectivity index (χ2v) is 7.16. The lowest BCUT2D eigenvalue weighted by molar-refractivity contribution is -0.128. The average molecular weight is 311 g/mol. The van der Waals surface area contributed by atoms with Gasteiger partial charge in [-0.05, 0) is 33.6 Å². The molecular weight excluding hydrogens is 278 g/mol.